The van der Waals surface area contributed by atoms with E-state index in [1.165, 1.54) is 18.4 Å². The lowest BCUT2D eigenvalue weighted by Crippen LogP contribution is -2.43. The maximum Gasteiger partial charge on any atom is 0.309 e. The van der Waals surface area contributed by atoms with Crippen molar-refractivity contribution in [3.8, 4) is 0 Å². The second kappa shape index (κ2) is 8.08. The van der Waals surface area contributed by atoms with Gasteiger partial charge in [0.25, 0.3) is 0 Å². The van der Waals surface area contributed by atoms with Crippen LogP contribution in [0.1, 0.15) is 11.0 Å². The van der Waals surface area contributed by atoms with Gasteiger partial charge in [0, 0.05) is 13.1 Å². The molecule has 2 aromatic rings. The summed E-state index contributed by atoms with van der Waals surface area (Å²) in [5.41, 5.74) is 0. The minimum Gasteiger partial charge on any atom is -0.468 e. The van der Waals surface area contributed by atoms with Gasteiger partial charge in [-0.05, 0) is 23.6 Å². The number of carbonyl (C=O) groups is 2. The van der Waals surface area contributed by atoms with Crippen molar-refractivity contribution in [2.24, 2.45) is 0 Å². The zero-order chi connectivity index (χ0) is 17.6. The van der Waals surface area contributed by atoms with Gasteiger partial charge in [0.15, 0.2) is 9.84 Å². The van der Waals surface area contributed by atoms with Crippen molar-refractivity contribution in [2.45, 2.75) is 9.46 Å². The Morgan fingerprint density at radius 1 is 1.21 bits per heavy atom. The molecule has 0 aliphatic carbocycles. The van der Waals surface area contributed by atoms with Crippen LogP contribution >= 0.6 is 11.3 Å². The van der Waals surface area contributed by atoms with E-state index < -0.39 is 26.9 Å². The Bertz CT molecular complexity index is 768. The summed E-state index contributed by atoms with van der Waals surface area (Å²) < 4.78 is 30.7. The van der Waals surface area contributed by atoms with Crippen LogP contribution in [-0.2, 0) is 19.4 Å². The van der Waals surface area contributed by atoms with Crippen LogP contribution in [0.3, 0.4) is 0 Å². The number of carbonyl (C=O) groups excluding carboxylic acids is 2. The number of aliphatic hydroxyl groups excluding tert-OH is 1. The van der Waals surface area contributed by atoms with Gasteiger partial charge in [-0.25, -0.2) is 8.42 Å². The van der Waals surface area contributed by atoms with Gasteiger partial charge in [-0.2, -0.15) is 0 Å². The predicted octanol–water partition coefficient (Wildman–Crippen LogP) is 0.0808. The van der Waals surface area contributed by atoms with E-state index in [2.05, 4.69) is 10.6 Å². The van der Waals surface area contributed by atoms with Crippen molar-refractivity contribution in [1.82, 2.24) is 10.6 Å². The summed E-state index contributed by atoms with van der Waals surface area (Å²) in [6, 6.07) is 6.11. The number of nitrogens with one attached hydrogen (secondary N) is 2. The van der Waals surface area contributed by atoms with Crippen LogP contribution in [0.4, 0.5) is 0 Å². The SMILES string of the molecule is O=C(NCCO)C(=O)NC[C@@H](c1ccco1)S(=O)(=O)c1cccs1. The Balaban J connectivity index is 2.14. The van der Waals surface area contributed by atoms with Crippen LogP contribution in [-0.4, -0.2) is 45.0 Å². The smallest absolute Gasteiger partial charge is 0.309 e. The summed E-state index contributed by atoms with van der Waals surface area (Å²) in [6.45, 7) is -0.693. The summed E-state index contributed by atoms with van der Waals surface area (Å²) in [4.78, 5) is 23.2. The summed E-state index contributed by atoms with van der Waals surface area (Å²) in [7, 11) is -3.78. The molecule has 2 amide bonds. The topological polar surface area (TPSA) is 126 Å². The van der Waals surface area contributed by atoms with E-state index in [1.807, 2.05) is 0 Å². The van der Waals surface area contributed by atoms with Crippen molar-refractivity contribution >= 4 is 33.0 Å². The van der Waals surface area contributed by atoms with Crippen molar-refractivity contribution in [1.29, 1.82) is 0 Å². The highest BCUT2D eigenvalue weighted by atomic mass is 32.2. The van der Waals surface area contributed by atoms with Crippen LogP contribution in [0.5, 0.6) is 0 Å². The highest BCUT2D eigenvalue weighted by Gasteiger charge is 2.33. The molecule has 2 heterocycles. The first kappa shape index (κ1) is 18.2. The van der Waals surface area contributed by atoms with Crippen LogP contribution in [0.25, 0.3) is 0 Å². The molecule has 2 aromatic heterocycles. The van der Waals surface area contributed by atoms with Crippen LogP contribution < -0.4 is 10.6 Å². The van der Waals surface area contributed by atoms with Crippen LogP contribution in [0.15, 0.2) is 44.5 Å². The molecular formula is C14H16N2O6S2. The summed E-state index contributed by atoms with van der Waals surface area (Å²) >= 11 is 1.06. The fraction of sp³-hybridized carbons (Fsp3) is 0.286. The molecule has 3 N–H and O–H groups in total. The third kappa shape index (κ3) is 4.22. The van der Waals surface area contributed by atoms with Gasteiger partial charge in [-0.1, -0.05) is 6.07 Å². The van der Waals surface area contributed by atoms with Crippen molar-refractivity contribution in [3.05, 3.63) is 41.7 Å². The van der Waals surface area contributed by atoms with Crippen LogP contribution in [0.2, 0.25) is 0 Å². The molecule has 0 aromatic carbocycles. The molecule has 2 rings (SSSR count). The van der Waals surface area contributed by atoms with E-state index in [9.17, 15) is 18.0 Å². The standard InChI is InChI=1S/C14H16N2O6S2/c17-6-5-15-13(18)14(19)16-9-11(10-3-1-7-22-10)24(20,21)12-4-2-8-23-12/h1-4,7-8,11,17H,5-6,9H2,(H,15,18)(H,16,19)/t11-/m0/s1. The number of amides is 2. The first-order chi connectivity index (χ1) is 11.5. The molecule has 10 heteroatoms. The van der Waals surface area contributed by atoms with Gasteiger partial charge >= 0.3 is 11.8 Å². The number of thiophene rings is 1. The molecule has 0 aliphatic heterocycles. The largest absolute Gasteiger partial charge is 0.468 e. The summed E-state index contributed by atoms with van der Waals surface area (Å²) in [5.74, 6) is -1.77. The lowest BCUT2D eigenvalue weighted by atomic mass is 10.3. The Morgan fingerprint density at radius 3 is 2.54 bits per heavy atom. The summed E-state index contributed by atoms with van der Waals surface area (Å²) in [6.07, 6.45) is 1.34. The highest BCUT2D eigenvalue weighted by molar-refractivity contribution is 7.93. The average Bonchev–Trinajstić information content (AvgIpc) is 3.25. The number of rotatable bonds is 7. The molecule has 0 saturated carbocycles. The molecule has 0 saturated heterocycles. The molecular weight excluding hydrogens is 356 g/mol. The number of aliphatic hydroxyl groups is 1. The fourth-order valence-electron chi connectivity index (χ4n) is 1.92. The number of hydrogen-bond acceptors (Lipinski definition) is 7. The molecule has 0 radical (unpaired) electrons. The van der Waals surface area contributed by atoms with Gasteiger partial charge in [0.2, 0.25) is 0 Å². The average molecular weight is 372 g/mol. The molecule has 0 unspecified atom stereocenters. The zero-order valence-corrected chi connectivity index (χ0v) is 14.1. The monoisotopic (exact) mass is 372 g/mol. The molecule has 0 spiro atoms. The lowest BCUT2D eigenvalue weighted by Gasteiger charge is -2.15. The molecule has 8 nitrogen and oxygen atoms in total. The maximum absolute atomic E-state index is 12.7. The van der Waals surface area contributed by atoms with E-state index in [0.717, 1.165) is 11.3 Å². The van der Waals surface area contributed by atoms with Crippen LogP contribution in [0, 0.1) is 0 Å². The normalized spacial score (nSPS) is 12.5. The number of hydrogen-bond donors (Lipinski definition) is 3. The summed E-state index contributed by atoms with van der Waals surface area (Å²) in [5, 5.41) is 13.6. The Morgan fingerprint density at radius 2 is 1.96 bits per heavy atom. The second-order valence-corrected chi connectivity index (χ2v) is 7.98. The van der Waals surface area contributed by atoms with Gasteiger partial charge in [-0.3, -0.25) is 9.59 Å². The zero-order valence-electron chi connectivity index (χ0n) is 12.5. The first-order valence-electron chi connectivity index (χ1n) is 6.94. The van der Waals surface area contributed by atoms with E-state index in [0.29, 0.717) is 0 Å². The van der Waals surface area contributed by atoms with E-state index in [4.69, 9.17) is 9.52 Å². The Kier molecular flexibility index (Phi) is 6.12. The van der Waals surface area contributed by atoms with Gasteiger partial charge in [0.1, 0.15) is 15.2 Å². The van der Waals surface area contributed by atoms with E-state index in [-0.39, 0.29) is 29.7 Å². The third-order valence-corrected chi connectivity index (χ3v) is 6.55. The maximum atomic E-state index is 12.7. The molecule has 24 heavy (non-hydrogen) atoms. The van der Waals surface area contributed by atoms with E-state index >= 15 is 0 Å². The molecule has 0 bridgehead atoms. The van der Waals surface area contributed by atoms with Crippen molar-refractivity contribution in [3.63, 3.8) is 0 Å². The number of sulfone groups is 1. The van der Waals surface area contributed by atoms with Crippen molar-refractivity contribution < 1.29 is 27.5 Å². The minimum absolute atomic E-state index is 0.0681. The molecule has 0 fully saturated rings. The van der Waals surface area contributed by atoms with Gasteiger partial charge < -0.3 is 20.2 Å². The van der Waals surface area contributed by atoms with Crippen molar-refractivity contribution in [2.75, 3.05) is 19.7 Å². The molecule has 0 aliphatic rings. The third-order valence-electron chi connectivity index (χ3n) is 3.06. The fourth-order valence-corrected chi connectivity index (χ4v) is 4.71. The second-order valence-electron chi connectivity index (χ2n) is 4.67. The Hall–Kier alpha value is -2.17. The van der Waals surface area contributed by atoms with Gasteiger partial charge in [-0.15, -0.1) is 11.3 Å². The first-order valence-corrected chi connectivity index (χ1v) is 9.37. The minimum atomic E-state index is -3.78. The highest BCUT2D eigenvalue weighted by Crippen LogP contribution is 2.31. The number of furan rings is 1. The van der Waals surface area contributed by atoms with Gasteiger partial charge in [0.05, 0.1) is 12.9 Å². The Labute approximate surface area is 142 Å². The quantitative estimate of drug-likeness (QED) is 0.591. The van der Waals surface area contributed by atoms with E-state index in [1.54, 1.807) is 17.5 Å². The lowest BCUT2D eigenvalue weighted by molar-refractivity contribution is -0.139. The molecule has 1 atom stereocenters. The predicted molar refractivity (Wildman–Crippen MR) is 86.1 cm³/mol. The molecule has 130 valence electrons.